The molecule has 3 unspecified atom stereocenters. The minimum Gasteiger partial charge on any atom is -0.489 e. The SMILES string of the molecule is NC1CN(Cc2ccccc2)CC1C(=O)NC1COc2ccccc2NC1=O. The van der Waals surface area contributed by atoms with Crippen LogP contribution in [0.5, 0.6) is 5.75 Å². The lowest BCUT2D eigenvalue weighted by Gasteiger charge is -2.19. The van der Waals surface area contributed by atoms with Crippen molar-refractivity contribution in [1.82, 2.24) is 10.2 Å². The maximum Gasteiger partial charge on any atom is 0.250 e. The Kier molecular flexibility index (Phi) is 5.27. The highest BCUT2D eigenvalue weighted by atomic mass is 16.5. The van der Waals surface area contributed by atoms with Crippen LogP contribution in [0.25, 0.3) is 0 Å². The first-order chi connectivity index (χ1) is 13.6. The number of nitrogens with zero attached hydrogens (tertiary/aromatic N) is 1. The molecule has 3 atom stereocenters. The number of hydrogen-bond donors (Lipinski definition) is 3. The molecule has 0 bridgehead atoms. The Morgan fingerprint density at radius 2 is 1.89 bits per heavy atom. The molecule has 0 saturated carbocycles. The lowest BCUT2D eigenvalue weighted by molar-refractivity contribution is -0.129. The number of nitrogens with two attached hydrogens (primary N) is 1. The lowest BCUT2D eigenvalue weighted by atomic mass is 10.0. The Morgan fingerprint density at radius 3 is 2.71 bits per heavy atom. The summed E-state index contributed by atoms with van der Waals surface area (Å²) in [4.78, 5) is 27.4. The van der Waals surface area contributed by atoms with Crippen molar-refractivity contribution in [2.24, 2.45) is 11.7 Å². The lowest BCUT2D eigenvalue weighted by Crippen LogP contribution is -2.51. The number of carbonyl (C=O) groups is 2. The summed E-state index contributed by atoms with van der Waals surface area (Å²) in [6.07, 6.45) is 0. The monoisotopic (exact) mass is 380 g/mol. The number of amides is 2. The maximum absolute atomic E-state index is 12.8. The average molecular weight is 380 g/mol. The van der Waals surface area contributed by atoms with Gasteiger partial charge in [-0.2, -0.15) is 0 Å². The number of para-hydroxylation sites is 2. The van der Waals surface area contributed by atoms with Gasteiger partial charge in [-0.05, 0) is 17.7 Å². The van der Waals surface area contributed by atoms with Crippen molar-refractivity contribution in [1.29, 1.82) is 0 Å². The van der Waals surface area contributed by atoms with Gasteiger partial charge in [-0.15, -0.1) is 0 Å². The van der Waals surface area contributed by atoms with E-state index >= 15 is 0 Å². The van der Waals surface area contributed by atoms with Crippen LogP contribution in [0.2, 0.25) is 0 Å². The van der Waals surface area contributed by atoms with Crippen LogP contribution < -0.4 is 21.1 Å². The van der Waals surface area contributed by atoms with Crippen molar-refractivity contribution in [3.05, 3.63) is 60.2 Å². The predicted molar refractivity (Wildman–Crippen MR) is 106 cm³/mol. The largest absolute Gasteiger partial charge is 0.489 e. The topological polar surface area (TPSA) is 96.7 Å². The van der Waals surface area contributed by atoms with Crippen molar-refractivity contribution < 1.29 is 14.3 Å². The molecule has 1 saturated heterocycles. The fourth-order valence-corrected chi connectivity index (χ4v) is 3.71. The number of rotatable bonds is 4. The molecule has 0 aliphatic carbocycles. The molecule has 0 aromatic heterocycles. The molecular weight excluding hydrogens is 356 g/mol. The Bertz CT molecular complexity index is 858. The van der Waals surface area contributed by atoms with E-state index in [-0.39, 0.29) is 30.4 Å². The normalized spacial score (nSPS) is 24.6. The predicted octanol–water partition coefficient (Wildman–Crippen LogP) is 0.962. The molecule has 2 aliphatic rings. The van der Waals surface area contributed by atoms with Gasteiger partial charge in [0, 0.05) is 25.7 Å². The number of anilines is 1. The number of carbonyl (C=O) groups excluding carboxylic acids is 2. The smallest absolute Gasteiger partial charge is 0.250 e. The minimum atomic E-state index is -0.754. The molecule has 4 rings (SSSR count). The van der Waals surface area contributed by atoms with Gasteiger partial charge in [-0.3, -0.25) is 14.5 Å². The van der Waals surface area contributed by atoms with Gasteiger partial charge in [0.1, 0.15) is 18.4 Å². The van der Waals surface area contributed by atoms with Gasteiger partial charge >= 0.3 is 0 Å². The molecular formula is C21H24N4O3. The Labute approximate surface area is 163 Å². The van der Waals surface area contributed by atoms with Gasteiger partial charge in [0.15, 0.2) is 0 Å². The van der Waals surface area contributed by atoms with E-state index in [0.717, 1.165) is 6.54 Å². The van der Waals surface area contributed by atoms with Gasteiger partial charge in [0.25, 0.3) is 5.91 Å². The van der Waals surface area contributed by atoms with Crippen LogP contribution in [-0.4, -0.2) is 48.5 Å². The number of ether oxygens (including phenoxy) is 1. The summed E-state index contributed by atoms with van der Waals surface area (Å²) < 4.78 is 5.68. The first-order valence-corrected chi connectivity index (χ1v) is 9.45. The molecule has 28 heavy (non-hydrogen) atoms. The van der Waals surface area contributed by atoms with Crippen LogP contribution in [-0.2, 0) is 16.1 Å². The quantitative estimate of drug-likeness (QED) is 0.734. The summed E-state index contributed by atoms with van der Waals surface area (Å²) in [6.45, 7) is 2.05. The number of benzene rings is 2. The third-order valence-electron chi connectivity index (χ3n) is 5.21. The van der Waals surface area contributed by atoms with Crippen LogP contribution in [0.15, 0.2) is 54.6 Å². The molecule has 2 heterocycles. The maximum atomic E-state index is 12.8. The molecule has 146 valence electrons. The van der Waals surface area contributed by atoms with Crippen LogP contribution in [0.1, 0.15) is 5.56 Å². The number of likely N-dealkylation sites (tertiary alicyclic amines) is 1. The van der Waals surface area contributed by atoms with Crippen LogP contribution in [0, 0.1) is 5.92 Å². The Morgan fingerprint density at radius 1 is 1.14 bits per heavy atom. The molecule has 4 N–H and O–H groups in total. The number of hydrogen-bond acceptors (Lipinski definition) is 5. The minimum absolute atomic E-state index is 0.0876. The fraction of sp³-hybridized carbons (Fsp3) is 0.333. The highest BCUT2D eigenvalue weighted by molar-refractivity contribution is 5.99. The average Bonchev–Trinajstić information content (AvgIpc) is 2.98. The van der Waals surface area contributed by atoms with Gasteiger partial charge in [-0.25, -0.2) is 0 Å². The third-order valence-corrected chi connectivity index (χ3v) is 5.21. The van der Waals surface area contributed by atoms with Crippen LogP contribution in [0.4, 0.5) is 5.69 Å². The van der Waals surface area contributed by atoms with Crippen molar-refractivity contribution in [2.45, 2.75) is 18.6 Å². The van der Waals surface area contributed by atoms with E-state index < -0.39 is 6.04 Å². The molecule has 0 radical (unpaired) electrons. The van der Waals surface area contributed by atoms with Gasteiger partial charge in [-0.1, -0.05) is 42.5 Å². The molecule has 2 aromatic rings. The fourth-order valence-electron chi connectivity index (χ4n) is 3.71. The van der Waals surface area contributed by atoms with Crippen molar-refractivity contribution in [3.63, 3.8) is 0 Å². The van der Waals surface area contributed by atoms with Crippen molar-refractivity contribution in [3.8, 4) is 5.75 Å². The first kappa shape index (κ1) is 18.5. The molecule has 2 amide bonds. The molecule has 1 fully saturated rings. The van der Waals surface area contributed by atoms with E-state index in [9.17, 15) is 9.59 Å². The third kappa shape index (κ3) is 4.00. The van der Waals surface area contributed by atoms with E-state index in [1.165, 1.54) is 5.56 Å². The van der Waals surface area contributed by atoms with Crippen molar-refractivity contribution in [2.75, 3.05) is 25.0 Å². The van der Waals surface area contributed by atoms with Crippen molar-refractivity contribution >= 4 is 17.5 Å². The highest BCUT2D eigenvalue weighted by Crippen LogP contribution is 2.26. The van der Waals surface area contributed by atoms with Gasteiger partial charge < -0.3 is 21.1 Å². The van der Waals surface area contributed by atoms with Crippen LogP contribution >= 0.6 is 0 Å². The van der Waals surface area contributed by atoms with E-state index in [4.69, 9.17) is 10.5 Å². The Hall–Kier alpha value is -2.90. The summed E-state index contributed by atoms with van der Waals surface area (Å²) in [5.41, 5.74) is 8.02. The second-order valence-corrected chi connectivity index (χ2v) is 7.31. The molecule has 2 aromatic carbocycles. The zero-order valence-electron chi connectivity index (χ0n) is 15.5. The van der Waals surface area contributed by atoms with Gasteiger partial charge in [0.2, 0.25) is 5.91 Å². The molecule has 2 aliphatic heterocycles. The standard InChI is InChI=1S/C21H24N4O3/c22-16-12-25(10-14-6-2-1-3-7-14)11-15(16)20(26)24-18-13-28-19-9-5-4-8-17(19)23-21(18)27/h1-9,15-16,18H,10-13,22H2,(H,23,27)(H,24,26). The molecule has 7 nitrogen and oxygen atoms in total. The van der Waals surface area contributed by atoms with E-state index in [2.05, 4.69) is 27.7 Å². The summed E-state index contributed by atoms with van der Waals surface area (Å²) in [7, 11) is 0. The summed E-state index contributed by atoms with van der Waals surface area (Å²) in [5, 5.41) is 5.62. The highest BCUT2D eigenvalue weighted by Gasteiger charge is 2.37. The van der Waals surface area contributed by atoms with E-state index in [1.807, 2.05) is 30.3 Å². The summed E-state index contributed by atoms with van der Waals surface area (Å²) in [5.74, 6) is -0.259. The zero-order valence-corrected chi connectivity index (χ0v) is 15.5. The van der Waals surface area contributed by atoms with Gasteiger partial charge in [0.05, 0.1) is 11.6 Å². The first-order valence-electron chi connectivity index (χ1n) is 9.45. The number of nitrogens with one attached hydrogen (secondary N) is 2. The number of fused-ring (bicyclic) bond motifs is 1. The molecule has 0 spiro atoms. The van der Waals surface area contributed by atoms with Crippen LogP contribution in [0.3, 0.4) is 0 Å². The summed E-state index contributed by atoms with van der Waals surface area (Å²) >= 11 is 0. The van der Waals surface area contributed by atoms with E-state index in [0.29, 0.717) is 24.5 Å². The second-order valence-electron chi connectivity index (χ2n) is 7.31. The van der Waals surface area contributed by atoms with E-state index in [1.54, 1.807) is 12.1 Å². The summed E-state index contributed by atoms with van der Waals surface area (Å²) in [6, 6.07) is 16.3. The Balaban J connectivity index is 1.36. The molecule has 7 heteroatoms. The second kappa shape index (κ2) is 8.00. The zero-order chi connectivity index (χ0) is 19.5.